The molecule has 1 aromatic heterocycles. The molecule has 0 radical (unpaired) electrons. The van der Waals surface area contributed by atoms with E-state index >= 15 is 0 Å². The van der Waals surface area contributed by atoms with Crippen LogP contribution in [0, 0.1) is 30.1 Å². The number of aromatic nitrogens is 1. The summed E-state index contributed by atoms with van der Waals surface area (Å²) in [5, 5.41) is 40.8. The first kappa shape index (κ1) is 28.0. The number of hydrogen-bond donors (Lipinski definition) is 4. The largest absolute Gasteiger partial charge is 0.396 e. The van der Waals surface area contributed by atoms with E-state index in [0.29, 0.717) is 48.9 Å². The van der Waals surface area contributed by atoms with E-state index in [1.807, 2.05) is 6.92 Å². The van der Waals surface area contributed by atoms with Crippen LogP contribution >= 0.6 is 11.3 Å². The van der Waals surface area contributed by atoms with Crippen molar-refractivity contribution in [2.45, 2.75) is 116 Å². The van der Waals surface area contributed by atoms with Gasteiger partial charge in [0.05, 0.1) is 17.9 Å². The molecule has 5 nitrogen and oxygen atoms in total. The molecule has 0 spiro atoms. The minimum absolute atomic E-state index is 0.123. The van der Waals surface area contributed by atoms with Crippen molar-refractivity contribution in [2.24, 2.45) is 23.2 Å². The maximum absolute atomic E-state index is 10.7. The van der Waals surface area contributed by atoms with Crippen molar-refractivity contribution < 1.29 is 20.4 Å². The van der Waals surface area contributed by atoms with Crippen LogP contribution in [-0.2, 0) is 6.42 Å². The Hall–Kier alpha value is -1.05. The second-order valence-electron chi connectivity index (χ2n) is 12.1. The molecule has 1 aromatic rings. The van der Waals surface area contributed by atoms with E-state index in [1.54, 1.807) is 16.9 Å². The van der Waals surface area contributed by atoms with Gasteiger partial charge in [0.2, 0.25) is 0 Å². The predicted octanol–water partition coefficient (Wildman–Crippen LogP) is 5.80. The Balaban J connectivity index is 1.33. The number of rotatable bonds is 9. The van der Waals surface area contributed by atoms with Crippen LogP contribution in [0.15, 0.2) is 23.3 Å². The van der Waals surface area contributed by atoms with Crippen LogP contribution < -0.4 is 0 Å². The molecule has 3 aliphatic carbocycles. The number of allylic oxidation sites excluding steroid dienone is 3. The third kappa shape index (κ3) is 6.32. The van der Waals surface area contributed by atoms with Crippen molar-refractivity contribution in [2.75, 3.05) is 6.61 Å². The highest BCUT2D eigenvalue weighted by Crippen LogP contribution is 2.60. The number of fused-ring (bicyclic) bond motifs is 1. The van der Waals surface area contributed by atoms with Gasteiger partial charge in [-0.15, -0.1) is 11.3 Å². The zero-order valence-electron chi connectivity index (χ0n) is 22.5. The highest BCUT2D eigenvalue weighted by atomic mass is 32.1. The van der Waals surface area contributed by atoms with Gasteiger partial charge in [0, 0.05) is 17.9 Å². The highest BCUT2D eigenvalue weighted by molar-refractivity contribution is 7.11. The standard InChI is InChI=1S/C30H47NO4S/c1-19(6-4-8-27(35)29-31-20(2)28(36-29)13-15-32)25-11-12-26-22(7-5-14-30(25,26)3)10-9-21-16-23(33)18-24(34)17-21/h9-10,19,23-27,32-35H,4-8,11-18H2,1-3H3/b22-10+/t19-,23-,24-,25-,26+,27+,30-/m1/s1. The second-order valence-corrected chi connectivity index (χ2v) is 13.2. The Morgan fingerprint density at radius 2 is 1.89 bits per heavy atom. The summed E-state index contributed by atoms with van der Waals surface area (Å²) >= 11 is 1.55. The quantitative estimate of drug-likeness (QED) is 0.332. The second kappa shape index (κ2) is 12.2. The summed E-state index contributed by atoms with van der Waals surface area (Å²) in [5.74, 6) is 1.99. The Morgan fingerprint density at radius 3 is 2.61 bits per heavy atom. The van der Waals surface area contributed by atoms with Crippen LogP contribution in [0.3, 0.4) is 0 Å². The first-order valence-electron chi connectivity index (χ1n) is 14.2. The summed E-state index contributed by atoms with van der Waals surface area (Å²) in [4.78, 5) is 5.64. The molecule has 0 bridgehead atoms. The van der Waals surface area contributed by atoms with Gasteiger partial charge in [0.15, 0.2) is 0 Å². The molecule has 0 aromatic carbocycles. The third-order valence-corrected chi connectivity index (χ3v) is 10.8. The number of aryl methyl sites for hydroxylation is 1. The lowest BCUT2D eigenvalue weighted by atomic mass is 9.60. The fraction of sp³-hybridized carbons (Fsp3) is 0.767. The molecule has 6 heteroatoms. The van der Waals surface area contributed by atoms with Crippen molar-refractivity contribution in [1.82, 2.24) is 4.98 Å². The van der Waals surface area contributed by atoms with Gasteiger partial charge in [0.1, 0.15) is 11.1 Å². The SMILES string of the molecule is Cc1nc([C@@H](O)CCC[C@@H](C)[C@H]2CC[C@H]3/C(=C/C=C4C[C@@H](O)C[C@H](O)C4)CCC[C@]23C)sc1CCO. The van der Waals surface area contributed by atoms with Crippen molar-refractivity contribution in [3.05, 3.63) is 38.9 Å². The number of hydrogen-bond acceptors (Lipinski definition) is 6. The molecule has 0 aliphatic heterocycles. The summed E-state index contributed by atoms with van der Waals surface area (Å²) in [6.45, 7) is 7.03. The molecule has 7 atom stereocenters. The molecular weight excluding hydrogens is 470 g/mol. The van der Waals surface area contributed by atoms with Gasteiger partial charge in [-0.25, -0.2) is 4.98 Å². The fourth-order valence-electron chi connectivity index (χ4n) is 7.63. The molecule has 1 heterocycles. The minimum Gasteiger partial charge on any atom is -0.396 e. The van der Waals surface area contributed by atoms with Gasteiger partial charge in [-0.05, 0) is 87.9 Å². The summed E-state index contributed by atoms with van der Waals surface area (Å²) < 4.78 is 0. The molecular formula is C30H47NO4S. The normalized spacial score (nSPS) is 33.5. The van der Waals surface area contributed by atoms with Gasteiger partial charge in [-0.2, -0.15) is 0 Å². The molecule has 3 aliphatic rings. The first-order valence-corrected chi connectivity index (χ1v) is 15.0. The van der Waals surface area contributed by atoms with E-state index in [2.05, 4.69) is 31.0 Å². The average molecular weight is 518 g/mol. The zero-order chi connectivity index (χ0) is 25.9. The molecule has 202 valence electrons. The van der Waals surface area contributed by atoms with Gasteiger partial charge in [-0.3, -0.25) is 0 Å². The lowest BCUT2D eigenvalue weighted by Crippen LogP contribution is -2.36. The molecule has 3 saturated carbocycles. The van der Waals surface area contributed by atoms with E-state index < -0.39 is 18.3 Å². The van der Waals surface area contributed by atoms with Crippen molar-refractivity contribution in [1.29, 1.82) is 0 Å². The van der Waals surface area contributed by atoms with E-state index in [-0.39, 0.29) is 6.61 Å². The predicted molar refractivity (Wildman–Crippen MR) is 146 cm³/mol. The summed E-state index contributed by atoms with van der Waals surface area (Å²) in [6, 6.07) is 0. The van der Waals surface area contributed by atoms with E-state index in [9.17, 15) is 20.4 Å². The van der Waals surface area contributed by atoms with Crippen LogP contribution in [0.2, 0.25) is 0 Å². The maximum Gasteiger partial charge on any atom is 0.122 e. The summed E-state index contributed by atoms with van der Waals surface area (Å²) in [5.41, 5.74) is 4.04. The summed E-state index contributed by atoms with van der Waals surface area (Å²) in [7, 11) is 0. The molecule has 0 unspecified atom stereocenters. The Kier molecular flexibility index (Phi) is 9.48. The first-order chi connectivity index (χ1) is 17.2. The Morgan fingerprint density at radius 1 is 1.14 bits per heavy atom. The molecule has 4 rings (SSSR count). The molecule has 0 amide bonds. The van der Waals surface area contributed by atoms with Crippen LogP contribution in [0.4, 0.5) is 0 Å². The summed E-state index contributed by atoms with van der Waals surface area (Å²) in [6.07, 6.45) is 14.9. The fourth-order valence-corrected chi connectivity index (χ4v) is 8.70. The minimum atomic E-state index is -0.505. The van der Waals surface area contributed by atoms with Crippen LogP contribution in [-0.4, -0.2) is 44.2 Å². The number of aliphatic hydroxyl groups is 4. The van der Waals surface area contributed by atoms with E-state index in [0.717, 1.165) is 34.8 Å². The van der Waals surface area contributed by atoms with Crippen LogP contribution in [0.5, 0.6) is 0 Å². The topological polar surface area (TPSA) is 93.8 Å². The van der Waals surface area contributed by atoms with Crippen molar-refractivity contribution >= 4 is 11.3 Å². The van der Waals surface area contributed by atoms with E-state index in [1.165, 1.54) is 37.7 Å². The van der Waals surface area contributed by atoms with Gasteiger partial charge in [0.25, 0.3) is 0 Å². The monoisotopic (exact) mass is 517 g/mol. The molecule has 3 fully saturated rings. The Labute approximate surface area is 221 Å². The number of aliphatic hydroxyl groups excluding tert-OH is 4. The lowest BCUT2D eigenvalue weighted by molar-refractivity contribution is 0.0609. The van der Waals surface area contributed by atoms with Crippen molar-refractivity contribution in [3.63, 3.8) is 0 Å². The zero-order valence-corrected chi connectivity index (χ0v) is 23.3. The maximum atomic E-state index is 10.7. The molecule has 4 N–H and O–H groups in total. The number of thiazole rings is 1. The highest BCUT2D eigenvalue weighted by Gasteiger charge is 2.50. The van der Waals surface area contributed by atoms with Gasteiger partial charge >= 0.3 is 0 Å². The lowest BCUT2D eigenvalue weighted by Gasteiger charge is -2.44. The third-order valence-electron chi connectivity index (χ3n) is 9.47. The number of nitrogens with zero attached hydrogens (tertiary/aromatic N) is 1. The molecule has 0 saturated heterocycles. The van der Waals surface area contributed by atoms with Gasteiger partial charge < -0.3 is 20.4 Å². The smallest absolute Gasteiger partial charge is 0.122 e. The van der Waals surface area contributed by atoms with Gasteiger partial charge in [-0.1, -0.05) is 50.0 Å². The van der Waals surface area contributed by atoms with E-state index in [4.69, 9.17) is 0 Å². The average Bonchev–Trinajstić information content (AvgIpc) is 3.37. The molecule has 36 heavy (non-hydrogen) atoms. The Bertz CT molecular complexity index is 927. The van der Waals surface area contributed by atoms with Crippen LogP contribution in [0.25, 0.3) is 0 Å². The van der Waals surface area contributed by atoms with Crippen LogP contribution in [0.1, 0.15) is 106 Å². The van der Waals surface area contributed by atoms with Crippen molar-refractivity contribution in [3.8, 4) is 0 Å².